The zero-order valence-electron chi connectivity index (χ0n) is 9.36. The second-order valence-electron chi connectivity index (χ2n) is 4.25. The van der Waals surface area contributed by atoms with E-state index in [9.17, 15) is 0 Å². The van der Waals surface area contributed by atoms with Crippen LogP contribution in [0.5, 0.6) is 5.88 Å². The summed E-state index contributed by atoms with van der Waals surface area (Å²) in [5, 5.41) is 0. The van der Waals surface area contributed by atoms with Crippen molar-refractivity contribution in [3.63, 3.8) is 0 Å². The molecule has 1 aromatic heterocycles. The number of aromatic nitrogens is 1. The molecule has 3 heteroatoms. The molecule has 2 rings (SSSR count). The van der Waals surface area contributed by atoms with Crippen LogP contribution in [0.25, 0.3) is 0 Å². The molecular weight excluding hydrogens is 263 g/mol. The van der Waals surface area contributed by atoms with E-state index in [2.05, 4.69) is 24.9 Å². The van der Waals surface area contributed by atoms with Crippen LogP contribution in [0.1, 0.15) is 38.2 Å². The molecule has 2 nitrogen and oxygen atoms in total. The van der Waals surface area contributed by atoms with E-state index in [-0.39, 0.29) is 32.7 Å². The molecule has 1 aromatic rings. The minimum absolute atomic E-state index is 0. The zero-order valence-corrected chi connectivity index (χ0v) is 12.2. The van der Waals surface area contributed by atoms with E-state index in [1.807, 2.05) is 12.3 Å². The summed E-state index contributed by atoms with van der Waals surface area (Å²) in [4.78, 5) is 4.25. The minimum Gasteiger partial charge on any atom is -0.534 e. The van der Waals surface area contributed by atoms with Gasteiger partial charge in [-0.2, -0.15) is 6.07 Å². The van der Waals surface area contributed by atoms with E-state index < -0.39 is 0 Å². The van der Waals surface area contributed by atoms with Crippen LogP contribution in [0.4, 0.5) is 0 Å². The predicted molar refractivity (Wildman–Crippen MR) is 55.4 cm³/mol. The van der Waals surface area contributed by atoms with Gasteiger partial charge in [0, 0.05) is 32.7 Å². The number of rotatable bonds is 4. The molecule has 0 N–H and O–H groups in total. The van der Waals surface area contributed by atoms with Gasteiger partial charge in [-0.05, 0) is 24.7 Å². The second-order valence-corrected chi connectivity index (χ2v) is 4.25. The van der Waals surface area contributed by atoms with Gasteiger partial charge < -0.3 is 9.72 Å². The monoisotopic (exact) mass is 279 g/mol. The third-order valence-electron chi connectivity index (χ3n) is 2.48. The van der Waals surface area contributed by atoms with Crippen LogP contribution in [0, 0.1) is 12.0 Å². The average Bonchev–Trinajstić information content (AvgIpc) is 2.99. The summed E-state index contributed by atoms with van der Waals surface area (Å²) in [6, 6.07) is 5.04. The summed E-state index contributed by atoms with van der Waals surface area (Å²) in [5.41, 5.74) is 1.14. The Kier molecular flexibility index (Phi) is 5.21. The Morgan fingerprint density at radius 1 is 1.53 bits per heavy atom. The van der Waals surface area contributed by atoms with Crippen LogP contribution < -0.4 is 4.74 Å². The fourth-order valence-corrected chi connectivity index (χ4v) is 1.24. The molecule has 0 atom stereocenters. The van der Waals surface area contributed by atoms with Crippen LogP contribution in [0.3, 0.4) is 0 Å². The normalized spacial score (nSPS) is 14.9. The average molecular weight is 279 g/mol. The SMILES string of the molecule is CC(C)c1[c-]cc(OCC2CC2)nc1.[Y]. The second kappa shape index (κ2) is 5.95. The van der Waals surface area contributed by atoms with Crippen molar-refractivity contribution in [3.05, 3.63) is 23.9 Å². The van der Waals surface area contributed by atoms with Gasteiger partial charge in [-0.15, -0.1) is 11.6 Å². The Morgan fingerprint density at radius 3 is 2.73 bits per heavy atom. The van der Waals surface area contributed by atoms with Gasteiger partial charge in [0.05, 0.1) is 12.5 Å². The smallest absolute Gasteiger partial charge is 0.0968 e. The summed E-state index contributed by atoms with van der Waals surface area (Å²) < 4.78 is 5.52. The van der Waals surface area contributed by atoms with E-state index in [0.29, 0.717) is 11.8 Å². The molecule has 1 saturated carbocycles. The van der Waals surface area contributed by atoms with Crippen LogP contribution in [0.2, 0.25) is 0 Å². The zero-order chi connectivity index (χ0) is 9.97. The van der Waals surface area contributed by atoms with Crippen LogP contribution in [-0.4, -0.2) is 11.6 Å². The van der Waals surface area contributed by atoms with Crippen LogP contribution in [-0.2, 0) is 32.7 Å². The molecule has 0 bridgehead atoms. The maximum Gasteiger partial charge on any atom is 0.0968 e. The first-order valence-corrected chi connectivity index (χ1v) is 5.26. The topological polar surface area (TPSA) is 22.1 Å². The molecule has 1 heterocycles. The minimum atomic E-state index is 0. The van der Waals surface area contributed by atoms with Gasteiger partial charge in [0.1, 0.15) is 0 Å². The van der Waals surface area contributed by atoms with Crippen LogP contribution in [0.15, 0.2) is 12.3 Å². The maximum absolute atomic E-state index is 5.52. The van der Waals surface area contributed by atoms with Crippen molar-refractivity contribution >= 4 is 0 Å². The largest absolute Gasteiger partial charge is 0.534 e. The number of hydrogen-bond acceptors (Lipinski definition) is 2. The standard InChI is InChI=1S/C12H16NO.Y/c1-9(2)11-5-6-12(13-7-11)14-8-10-3-4-10;/h6-7,9-10H,3-4,8H2,1-2H3;/q-1;. The molecule has 0 aromatic carbocycles. The van der Waals surface area contributed by atoms with Crippen molar-refractivity contribution in [2.45, 2.75) is 32.6 Å². The Labute approximate surface area is 117 Å². The third kappa shape index (κ3) is 4.20. The summed E-state index contributed by atoms with van der Waals surface area (Å²) in [5.74, 6) is 1.97. The Bertz CT molecular complexity index is 293. The van der Waals surface area contributed by atoms with E-state index in [0.717, 1.165) is 18.1 Å². The summed E-state index contributed by atoms with van der Waals surface area (Å²) in [7, 11) is 0. The molecule has 79 valence electrons. The molecule has 0 aliphatic heterocycles. The maximum atomic E-state index is 5.52. The predicted octanol–water partition coefficient (Wildman–Crippen LogP) is 2.79. The van der Waals surface area contributed by atoms with Crippen molar-refractivity contribution in [1.29, 1.82) is 0 Å². The first-order valence-electron chi connectivity index (χ1n) is 5.26. The summed E-state index contributed by atoms with van der Waals surface area (Å²) in [6.07, 6.45) is 4.48. The third-order valence-corrected chi connectivity index (χ3v) is 2.48. The fraction of sp³-hybridized carbons (Fsp3) is 0.583. The van der Waals surface area contributed by atoms with E-state index in [4.69, 9.17) is 4.74 Å². The van der Waals surface area contributed by atoms with E-state index >= 15 is 0 Å². The molecule has 15 heavy (non-hydrogen) atoms. The molecule has 0 unspecified atom stereocenters. The van der Waals surface area contributed by atoms with E-state index in [1.165, 1.54) is 12.8 Å². The Hall–Kier alpha value is 0.0539. The van der Waals surface area contributed by atoms with E-state index in [1.54, 1.807) is 0 Å². The molecule has 1 fully saturated rings. The molecular formula is C12H16NOY-. The first kappa shape index (κ1) is 13.1. The molecule has 1 aliphatic rings. The molecule has 1 radical (unpaired) electrons. The van der Waals surface area contributed by atoms with Gasteiger partial charge in [-0.25, -0.2) is 0 Å². The number of ether oxygens (including phenoxy) is 1. The molecule has 0 saturated heterocycles. The first-order chi connectivity index (χ1) is 6.75. The summed E-state index contributed by atoms with van der Waals surface area (Å²) in [6.45, 7) is 5.10. The quantitative estimate of drug-likeness (QED) is 0.791. The van der Waals surface area contributed by atoms with Gasteiger partial charge in [0.2, 0.25) is 0 Å². The van der Waals surface area contributed by atoms with Crippen LogP contribution >= 0.6 is 0 Å². The van der Waals surface area contributed by atoms with Crippen molar-refractivity contribution in [2.24, 2.45) is 5.92 Å². The van der Waals surface area contributed by atoms with Gasteiger partial charge in [-0.3, -0.25) is 0 Å². The Morgan fingerprint density at radius 2 is 2.27 bits per heavy atom. The number of hydrogen-bond donors (Lipinski definition) is 0. The van der Waals surface area contributed by atoms with Gasteiger partial charge in [0.25, 0.3) is 0 Å². The number of pyridine rings is 1. The summed E-state index contributed by atoms with van der Waals surface area (Å²) >= 11 is 0. The Balaban J connectivity index is 0.00000112. The number of nitrogens with zero attached hydrogens (tertiary/aromatic N) is 1. The van der Waals surface area contributed by atoms with Gasteiger partial charge >= 0.3 is 0 Å². The molecule has 1 aliphatic carbocycles. The van der Waals surface area contributed by atoms with Gasteiger partial charge in [0.15, 0.2) is 0 Å². The fourth-order valence-electron chi connectivity index (χ4n) is 1.24. The van der Waals surface area contributed by atoms with Crippen molar-refractivity contribution in [2.75, 3.05) is 6.61 Å². The van der Waals surface area contributed by atoms with Crippen molar-refractivity contribution in [3.8, 4) is 5.88 Å². The van der Waals surface area contributed by atoms with Crippen molar-refractivity contribution in [1.82, 2.24) is 4.98 Å². The van der Waals surface area contributed by atoms with Crippen molar-refractivity contribution < 1.29 is 37.4 Å². The molecule has 0 spiro atoms. The van der Waals surface area contributed by atoms with Gasteiger partial charge in [-0.1, -0.05) is 20.0 Å². The molecule has 0 amide bonds.